The van der Waals surface area contributed by atoms with Crippen molar-refractivity contribution in [3.63, 3.8) is 0 Å². The van der Waals surface area contributed by atoms with E-state index in [1.165, 1.54) is 28.0 Å². The number of nitrogens with one attached hydrogen (secondary N) is 1. The van der Waals surface area contributed by atoms with Crippen molar-refractivity contribution in [1.29, 1.82) is 0 Å². The number of ether oxygens (including phenoxy) is 1. The molecule has 0 saturated carbocycles. The molecule has 0 radical (unpaired) electrons. The molecule has 3 heterocycles. The maximum Gasteiger partial charge on any atom is 0.341 e. The van der Waals surface area contributed by atoms with E-state index in [0.717, 1.165) is 64.7 Å². The number of allylic oxidation sites excluding steroid dienone is 1. The van der Waals surface area contributed by atoms with Crippen molar-refractivity contribution in [3.05, 3.63) is 49.5 Å². The number of carbonyl (C=O) groups excluding carboxylic acids is 2. The van der Waals surface area contributed by atoms with Crippen molar-refractivity contribution in [2.24, 2.45) is 5.92 Å². The number of fused-ring (bicyclic) bond motifs is 4. The summed E-state index contributed by atoms with van der Waals surface area (Å²) in [5.41, 5.74) is 2.59. The van der Waals surface area contributed by atoms with Crippen LogP contribution in [0.25, 0.3) is 10.2 Å². The third-order valence-corrected chi connectivity index (χ3v) is 10.0. The Labute approximate surface area is 222 Å². The van der Waals surface area contributed by atoms with Crippen LogP contribution in [0.15, 0.2) is 22.6 Å². The lowest BCUT2D eigenvalue weighted by Crippen LogP contribution is -2.24. The van der Waals surface area contributed by atoms with E-state index in [9.17, 15) is 14.4 Å². The van der Waals surface area contributed by atoms with Crippen LogP contribution in [0.2, 0.25) is 0 Å². The molecular formula is C26H29N3O4S3. The summed E-state index contributed by atoms with van der Waals surface area (Å²) < 4.78 is 6.87. The first-order valence-electron chi connectivity index (χ1n) is 12.3. The molecule has 1 N–H and O–H groups in total. The van der Waals surface area contributed by atoms with Crippen LogP contribution < -0.4 is 10.9 Å². The summed E-state index contributed by atoms with van der Waals surface area (Å²) in [4.78, 5) is 47.0. The maximum atomic E-state index is 13.5. The molecule has 0 aliphatic heterocycles. The Morgan fingerprint density at radius 3 is 2.86 bits per heavy atom. The van der Waals surface area contributed by atoms with Gasteiger partial charge in [-0.25, -0.2) is 9.78 Å². The number of aromatic nitrogens is 2. The first kappa shape index (κ1) is 25.2. The van der Waals surface area contributed by atoms with E-state index >= 15 is 0 Å². The Kier molecular flexibility index (Phi) is 7.37. The predicted octanol–water partition coefficient (Wildman–Crippen LogP) is 5.23. The van der Waals surface area contributed by atoms with Gasteiger partial charge in [-0.3, -0.25) is 14.2 Å². The van der Waals surface area contributed by atoms with E-state index in [1.54, 1.807) is 28.9 Å². The summed E-state index contributed by atoms with van der Waals surface area (Å²) in [5, 5.41) is 4.71. The zero-order valence-corrected chi connectivity index (χ0v) is 22.9. The standard InChI is InChI=1S/C26H29N3O4S3/c1-4-11-29-24(31)20-16-10-9-14(3)12-18(16)36-22(20)28-26(29)34-13-19(30)27-23-21(25(32)33-5-2)15-7-6-8-17(15)35-23/h4,14H,1,5-13H2,2-3H3,(H,27,30). The monoisotopic (exact) mass is 543 g/mol. The van der Waals surface area contributed by atoms with Crippen molar-refractivity contribution >= 4 is 61.5 Å². The largest absolute Gasteiger partial charge is 0.462 e. The smallest absolute Gasteiger partial charge is 0.341 e. The molecular weight excluding hydrogens is 515 g/mol. The van der Waals surface area contributed by atoms with Gasteiger partial charge in [-0.15, -0.1) is 29.3 Å². The second kappa shape index (κ2) is 10.5. The molecule has 0 fully saturated rings. The lowest BCUT2D eigenvalue weighted by molar-refractivity contribution is -0.113. The first-order chi connectivity index (χ1) is 17.4. The number of carbonyl (C=O) groups is 2. The number of hydrogen-bond donors (Lipinski definition) is 1. The van der Waals surface area contributed by atoms with Gasteiger partial charge in [0, 0.05) is 16.3 Å². The van der Waals surface area contributed by atoms with Crippen molar-refractivity contribution in [2.45, 2.75) is 64.1 Å². The van der Waals surface area contributed by atoms with Gasteiger partial charge in [-0.1, -0.05) is 24.8 Å². The number of thioether (sulfide) groups is 1. The average molecular weight is 544 g/mol. The van der Waals surface area contributed by atoms with Crippen LogP contribution in [-0.4, -0.2) is 33.8 Å². The Morgan fingerprint density at radius 1 is 1.25 bits per heavy atom. The van der Waals surface area contributed by atoms with Crippen LogP contribution in [0, 0.1) is 5.92 Å². The lowest BCUT2D eigenvalue weighted by Gasteiger charge is -2.17. The normalized spacial score (nSPS) is 16.6. The van der Waals surface area contributed by atoms with Crippen LogP contribution in [0.5, 0.6) is 0 Å². The van der Waals surface area contributed by atoms with Gasteiger partial charge in [0.15, 0.2) is 5.16 Å². The summed E-state index contributed by atoms with van der Waals surface area (Å²) in [6, 6.07) is 0. The van der Waals surface area contributed by atoms with E-state index in [2.05, 4.69) is 18.8 Å². The summed E-state index contributed by atoms with van der Waals surface area (Å²) in [7, 11) is 0. The van der Waals surface area contributed by atoms with Crippen LogP contribution in [-0.2, 0) is 41.8 Å². The van der Waals surface area contributed by atoms with Gasteiger partial charge in [0.25, 0.3) is 5.56 Å². The highest BCUT2D eigenvalue weighted by atomic mass is 32.2. The topological polar surface area (TPSA) is 90.3 Å². The van der Waals surface area contributed by atoms with E-state index in [-0.39, 0.29) is 29.8 Å². The molecule has 0 aromatic carbocycles. The molecule has 3 aromatic heterocycles. The van der Waals surface area contributed by atoms with Gasteiger partial charge < -0.3 is 10.1 Å². The molecule has 1 amide bonds. The third kappa shape index (κ3) is 4.66. The average Bonchev–Trinajstić information content (AvgIpc) is 3.52. The van der Waals surface area contributed by atoms with Gasteiger partial charge in [-0.05, 0) is 62.5 Å². The molecule has 1 unspecified atom stereocenters. The Hall–Kier alpha value is -2.43. The Balaban J connectivity index is 1.39. The molecule has 1 atom stereocenters. The molecule has 2 aliphatic carbocycles. The molecule has 190 valence electrons. The molecule has 3 aromatic rings. The lowest BCUT2D eigenvalue weighted by atomic mass is 9.89. The molecule has 5 rings (SSSR count). The minimum absolute atomic E-state index is 0.0610. The number of nitrogens with zero attached hydrogens (tertiary/aromatic N) is 2. The second-order valence-corrected chi connectivity index (χ2v) is 12.4. The molecule has 2 aliphatic rings. The van der Waals surface area contributed by atoms with E-state index in [0.29, 0.717) is 28.2 Å². The molecule has 0 saturated heterocycles. The number of thiophene rings is 2. The van der Waals surface area contributed by atoms with Gasteiger partial charge in [0.1, 0.15) is 9.83 Å². The van der Waals surface area contributed by atoms with Crippen LogP contribution in [0.1, 0.15) is 57.9 Å². The van der Waals surface area contributed by atoms with E-state index < -0.39 is 0 Å². The van der Waals surface area contributed by atoms with E-state index in [1.807, 2.05) is 0 Å². The first-order valence-corrected chi connectivity index (χ1v) is 14.9. The molecule has 7 nitrogen and oxygen atoms in total. The van der Waals surface area contributed by atoms with Crippen molar-refractivity contribution in [3.8, 4) is 0 Å². The third-order valence-electron chi connectivity index (χ3n) is 6.68. The fourth-order valence-electron chi connectivity index (χ4n) is 5.01. The van der Waals surface area contributed by atoms with E-state index in [4.69, 9.17) is 9.72 Å². The quantitative estimate of drug-likeness (QED) is 0.181. The number of hydrogen-bond acceptors (Lipinski definition) is 8. The molecule has 36 heavy (non-hydrogen) atoms. The molecule has 0 spiro atoms. The molecule has 0 bridgehead atoms. The summed E-state index contributed by atoms with van der Waals surface area (Å²) in [6.45, 7) is 8.44. The van der Waals surface area contributed by atoms with Gasteiger partial charge in [0.05, 0.1) is 23.3 Å². The zero-order chi connectivity index (χ0) is 25.4. The zero-order valence-electron chi connectivity index (χ0n) is 20.5. The number of aryl methyl sites for hydroxylation is 2. The Morgan fingerprint density at radius 2 is 2.08 bits per heavy atom. The maximum absolute atomic E-state index is 13.5. The summed E-state index contributed by atoms with van der Waals surface area (Å²) >= 11 is 4.30. The summed E-state index contributed by atoms with van der Waals surface area (Å²) in [6.07, 6.45) is 7.40. The van der Waals surface area contributed by atoms with Crippen molar-refractivity contribution < 1.29 is 14.3 Å². The fraction of sp³-hybridized carbons (Fsp3) is 0.462. The van der Waals surface area contributed by atoms with Crippen molar-refractivity contribution in [2.75, 3.05) is 17.7 Å². The van der Waals surface area contributed by atoms with Gasteiger partial charge in [-0.2, -0.15) is 0 Å². The SMILES string of the molecule is C=CCn1c(SCC(=O)Nc2sc3c(c2C(=O)OCC)CCC3)nc2sc3c(c2c1=O)CCC(C)C3. The number of anilines is 1. The highest BCUT2D eigenvalue weighted by Gasteiger charge is 2.29. The van der Waals surface area contributed by atoms with Crippen LogP contribution in [0.3, 0.4) is 0 Å². The highest BCUT2D eigenvalue weighted by molar-refractivity contribution is 7.99. The highest BCUT2D eigenvalue weighted by Crippen LogP contribution is 2.40. The van der Waals surface area contributed by atoms with Crippen LogP contribution >= 0.6 is 34.4 Å². The predicted molar refractivity (Wildman–Crippen MR) is 147 cm³/mol. The number of amides is 1. The van der Waals surface area contributed by atoms with Crippen LogP contribution in [0.4, 0.5) is 5.00 Å². The minimum Gasteiger partial charge on any atom is -0.462 e. The van der Waals surface area contributed by atoms with Gasteiger partial charge in [0.2, 0.25) is 5.91 Å². The number of esters is 1. The van der Waals surface area contributed by atoms with Gasteiger partial charge >= 0.3 is 5.97 Å². The molecule has 10 heteroatoms. The van der Waals surface area contributed by atoms with Crippen molar-refractivity contribution in [1.82, 2.24) is 9.55 Å². The Bertz CT molecular complexity index is 1420. The fourth-order valence-corrected chi connectivity index (χ4v) is 8.54. The second-order valence-electron chi connectivity index (χ2n) is 9.25. The minimum atomic E-state index is -0.386. The summed E-state index contributed by atoms with van der Waals surface area (Å²) in [5.74, 6) is 0.0471. The number of rotatable bonds is 8.